The summed E-state index contributed by atoms with van der Waals surface area (Å²) < 4.78 is 0. The number of aromatic nitrogens is 3. The summed E-state index contributed by atoms with van der Waals surface area (Å²) in [6.45, 7) is 7.80. The standard InChI is InChI=1S/C23H22N4OS2.C2H6/c1-15-5-4-6-16(9-15)19-13-29-21(25-19)11-22-26-20(14-30-22)17-10-18(24-12-17)23(28)27-7-2-3-8-27;1-2/h4-6,9-10,12-14,24H,2-3,7-8,11H2,1H3;1-2H3. The third kappa shape index (κ3) is 5.00. The Hall–Kier alpha value is -2.77. The molecule has 1 aliphatic heterocycles. The number of hydrogen-bond acceptors (Lipinski definition) is 5. The van der Waals surface area contributed by atoms with Gasteiger partial charge in [0.25, 0.3) is 5.91 Å². The molecule has 0 atom stereocenters. The molecule has 1 N–H and O–H groups in total. The Morgan fingerprint density at radius 2 is 1.66 bits per heavy atom. The molecule has 1 aliphatic rings. The normalized spacial score (nSPS) is 13.2. The zero-order valence-corrected chi connectivity index (χ0v) is 20.4. The molecule has 0 bridgehead atoms. The van der Waals surface area contributed by atoms with Gasteiger partial charge in [-0.15, -0.1) is 22.7 Å². The van der Waals surface area contributed by atoms with Gasteiger partial charge in [0, 0.05) is 41.2 Å². The number of likely N-dealkylation sites (tertiary alicyclic amines) is 1. The smallest absolute Gasteiger partial charge is 0.270 e. The van der Waals surface area contributed by atoms with Gasteiger partial charge in [0.1, 0.15) is 15.7 Å². The summed E-state index contributed by atoms with van der Waals surface area (Å²) in [5.74, 6) is 0.0840. The molecule has 32 heavy (non-hydrogen) atoms. The number of nitrogens with zero attached hydrogens (tertiary/aromatic N) is 3. The van der Waals surface area contributed by atoms with Crippen LogP contribution in [0.1, 0.15) is 52.8 Å². The highest BCUT2D eigenvalue weighted by molar-refractivity contribution is 7.11. The lowest BCUT2D eigenvalue weighted by molar-refractivity contribution is 0.0788. The largest absolute Gasteiger partial charge is 0.357 e. The number of nitrogens with one attached hydrogen (secondary N) is 1. The summed E-state index contributed by atoms with van der Waals surface area (Å²) in [6.07, 6.45) is 4.79. The van der Waals surface area contributed by atoms with Crippen LogP contribution in [0.25, 0.3) is 22.5 Å². The highest BCUT2D eigenvalue weighted by Crippen LogP contribution is 2.28. The highest BCUT2D eigenvalue weighted by Gasteiger charge is 2.21. The number of H-pyrrole nitrogens is 1. The van der Waals surface area contributed by atoms with Gasteiger partial charge in [0.15, 0.2) is 0 Å². The van der Waals surface area contributed by atoms with E-state index in [1.807, 2.05) is 31.0 Å². The van der Waals surface area contributed by atoms with Gasteiger partial charge in [-0.2, -0.15) is 0 Å². The lowest BCUT2D eigenvalue weighted by atomic mass is 10.1. The van der Waals surface area contributed by atoms with E-state index in [4.69, 9.17) is 9.97 Å². The summed E-state index contributed by atoms with van der Waals surface area (Å²) >= 11 is 3.31. The van der Waals surface area contributed by atoms with Crippen LogP contribution >= 0.6 is 22.7 Å². The molecule has 0 saturated carbocycles. The van der Waals surface area contributed by atoms with Crippen LogP contribution in [0.2, 0.25) is 0 Å². The van der Waals surface area contributed by atoms with E-state index in [0.717, 1.165) is 64.9 Å². The second kappa shape index (κ2) is 10.2. The highest BCUT2D eigenvalue weighted by atomic mass is 32.1. The van der Waals surface area contributed by atoms with E-state index in [2.05, 4.69) is 46.9 Å². The molecular weight excluding hydrogens is 436 g/mol. The van der Waals surface area contributed by atoms with E-state index in [-0.39, 0.29) is 5.91 Å². The van der Waals surface area contributed by atoms with E-state index >= 15 is 0 Å². The van der Waals surface area contributed by atoms with Gasteiger partial charge in [0.05, 0.1) is 17.8 Å². The van der Waals surface area contributed by atoms with Crippen molar-refractivity contribution in [2.75, 3.05) is 13.1 Å². The first-order valence-corrected chi connectivity index (χ1v) is 12.9. The number of carbonyl (C=O) groups excluding carboxylic acids is 1. The molecule has 0 spiro atoms. The fraction of sp³-hybridized carbons (Fsp3) is 0.320. The number of rotatable bonds is 5. The summed E-state index contributed by atoms with van der Waals surface area (Å²) in [6, 6.07) is 10.3. The monoisotopic (exact) mass is 464 g/mol. The third-order valence-electron chi connectivity index (χ3n) is 5.32. The molecule has 0 radical (unpaired) electrons. The Morgan fingerprint density at radius 1 is 1.00 bits per heavy atom. The molecule has 5 nitrogen and oxygen atoms in total. The van der Waals surface area contributed by atoms with Crippen LogP contribution in [0.15, 0.2) is 47.3 Å². The van der Waals surface area contributed by atoms with Gasteiger partial charge in [-0.1, -0.05) is 37.6 Å². The van der Waals surface area contributed by atoms with Gasteiger partial charge in [-0.05, 0) is 31.9 Å². The number of carbonyl (C=O) groups is 1. The van der Waals surface area contributed by atoms with Crippen molar-refractivity contribution in [1.29, 1.82) is 0 Å². The van der Waals surface area contributed by atoms with E-state index in [1.54, 1.807) is 22.7 Å². The number of amides is 1. The van der Waals surface area contributed by atoms with Crippen LogP contribution < -0.4 is 0 Å². The Morgan fingerprint density at radius 3 is 2.31 bits per heavy atom. The molecule has 1 fully saturated rings. The van der Waals surface area contributed by atoms with Crippen molar-refractivity contribution in [2.24, 2.45) is 0 Å². The van der Waals surface area contributed by atoms with E-state index in [9.17, 15) is 4.79 Å². The van der Waals surface area contributed by atoms with Crippen molar-refractivity contribution in [2.45, 2.75) is 40.0 Å². The summed E-state index contributed by atoms with van der Waals surface area (Å²) in [4.78, 5) is 27.2. The Labute approximate surface area is 197 Å². The number of hydrogen-bond donors (Lipinski definition) is 1. The third-order valence-corrected chi connectivity index (χ3v) is 7.02. The van der Waals surface area contributed by atoms with Crippen molar-refractivity contribution < 1.29 is 4.79 Å². The number of aromatic amines is 1. The Balaban J connectivity index is 0.00000119. The molecule has 7 heteroatoms. The van der Waals surface area contributed by atoms with E-state index in [0.29, 0.717) is 5.69 Å². The fourth-order valence-electron chi connectivity index (χ4n) is 3.74. The minimum Gasteiger partial charge on any atom is -0.357 e. The molecule has 0 unspecified atom stereocenters. The van der Waals surface area contributed by atoms with Crippen LogP contribution in [-0.2, 0) is 6.42 Å². The van der Waals surface area contributed by atoms with E-state index < -0.39 is 0 Å². The van der Waals surface area contributed by atoms with Crippen LogP contribution in [0, 0.1) is 6.92 Å². The molecule has 4 heterocycles. The summed E-state index contributed by atoms with van der Waals surface area (Å²) in [5, 5.41) is 6.26. The second-order valence-electron chi connectivity index (χ2n) is 7.60. The van der Waals surface area contributed by atoms with Crippen molar-refractivity contribution in [1.82, 2.24) is 19.9 Å². The van der Waals surface area contributed by atoms with Gasteiger partial charge in [-0.3, -0.25) is 4.79 Å². The molecule has 1 amide bonds. The first-order chi connectivity index (χ1) is 15.7. The predicted molar refractivity (Wildman–Crippen MR) is 133 cm³/mol. The zero-order valence-electron chi connectivity index (χ0n) is 18.7. The molecule has 166 valence electrons. The number of aryl methyl sites for hydroxylation is 1. The average molecular weight is 465 g/mol. The fourth-order valence-corrected chi connectivity index (χ4v) is 5.45. The topological polar surface area (TPSA) is 61.9 Å². The van der Waals surface area contributed by atoms with Crippen molar-refractivity contribution >= 4 is 28.6 Å². The van der Waals surface area contributed by atoms with Crippen LogP contribution in [0.5, 0.6) is 0 Å². The van der Waals surface area contributed by atoms with Crippen molar-refractivity contribution in [3.05, 3.63) is 68.6 Å². The predicted octanol–water partition coefficient (Wildman–Crippen LogP) is 6.42. The quantitative estimate of drug-likeness (QED) is 0.370. The minimum atomic E-state index is 0.0840. The van der Waals surface area contributed by atoms with E-state index in [1.165, 1.54) is 5.56 Å². The SMILES string of the molecule is CC.Cc1cccc(-c2csc(Cc3nc(-c4c[nH]c(C(=O)N5CCCC5)c4)cs3)n2)c1. The molecule has 1 aromatic carbocycles. The number of thiazole rings is 2. The zero-order chi connectivity index (χ0) is 22.5. The number of benzene rings is 1. The van der Waals surface area contributed by atoms with Crippen LogP contribution in [0.3, 0.4) is 0 Å². The molecular formula is C25H28N4OS2. The molecule has 3 aromatic heterocycles. The van der Waals surface area contributed by atoms with Crippen LogP contribution in [0.4, 0.5) is 0 Å². The maximum Gasteiger partial charge on any atom is 0.270 e. The molecule has 4 aromatic rings. The van der Waals surface area contributed by atoms with Gasteiger partial charge < -0.3 is 9.88 Å². The average Bonchev–Trinajstić information content (AvgIpc) is 3.62. The first kappa shape index (κ1) is 22.4. The first-order valence-electron chi connectivity index (χ1n) is 11.1. The maximum atomic E-state index is 12.5. The maximum absolute atomic E-state index is 12.5. The lowest BCUT2D eigenvalue weighted by Crippen LogP contribution is -2.27. The Kier molecular flexibility index (Phi) is 7.17. The minimum absolute atomic E-state index is 0.0840. The summed E-state index contributed by atoms with van der Waals surface area (Å²) in [5.41, 5.74) is 5.91. The second-order valence-corrected chi connectivity index (χ2v) is 9.49. The van der Waals surface area contributed by atoms with Gasteiger partial charge in [-0.25, -0.2) is 9.97 Å². The molecule has 5 rings (SSSR count). The summed E-state index contributed by atoms with van der Waals surface area (Å²) in [7, 11) is 0. The Bertz CT molecular complexity index is 1180. The molecule has 1 saturated heterocycles. The van der Waals surface area contributed by atoms with Crippen molar-refractivity contribution in [3.63, 3.8) is 0 Å². The lowest BCUT2D eigenvalue weighted by Gasteiger charge is -2.13. The van der Waals surface area contributed by atoms with Crippen LogP contribution in [-0.4, -0.2) is 38.8 Å². The van der Waals surface area contributed by atoms with Crippen molar-refractivity contribution in [3.8, 4) is 22.5 Å². The van der Waals surface area contributed by atoms with Gasteiger partial charge >= 0.3 is 0 Å². The van der Waals surface area contributed by atoms with Gasteiger partial charge in [0.2, 0.25) is 0 Å². The molecule has 0 aliphatic carbocycles.